The quantitative estimate of drug-likeness (QED) is 0.767. The standard InChI is InChI=1S/C18H23ClN4O/c1-13(2)8-10-21-18(24)16-6-7-17(23-22-16)20-11-9-14-4-3-5-15(19)12-14/h3-7,12-13H,8-11H2,1-2H3,(H,20,23)(H,21,24). The Morgan fingerprint density at radius 1 is 1.17 bits per heavy atom. The number of amides is 1. The van der Waals surface area contributed by atoms with E-state index in [0.717, 1.165) is 30.0 Å². The molecule has 0 fully saturated rings. The molecule has 0 aliphatic carbocycles. The molecule has 0 bridgehead atoms. The molecular formula is C18H23ClN4O. The Balaban J connectivity index is 1.78. The van der Waals surface area contributed by atoms with Crippen LogP contribution in [0.3, 0.4) is 0 Å². The molecule has 2 aromatic rings. The number of nitrogens with one attached hydrogen (secondary N) is 2. The Bertz CT molecular complexity index is 658. The lowest BCUT2D eigenvalue weighted by Gasteiger charge is -2.08. The Morgan fingerprint density at radius 2 is 2.00 bits per heavy atom. The van der Waals surface area contributed by atoms with Gasteiger partial charge in [0.2, 0.25) is 0 Å². The van der Waals surface area contributed by atoms with Crippen LogP contribution in [-0.2, 0) is 6.42 Å². The minimum atomic E-state index is -0.186. The van der Waals surface area contributed by atoms with Crippen molar-refractivity contribution in [2.45, 2.75) is 26.7 Å². The van der Waals surface area contributed by atoms with Crippen molar-refractivity contribution < 1.29 is 4.79 Å². The van der Waals surface area contributed by atoms with E-state index in [1.807, 2.05) is 24.3 Å². The first kappa shape index (κ1) is 18.2. The van der Waals surface area contributed by atoms with Crippen molar-refractivity contribution >= 4 is 23.3 Å². The van der Waals surface area contributed by atoms with E-state index in [4.69, 9.17) is 11.6 Å². The van der Waals surface area contributed by atoms with Gasteiger partial charge >= 0.3 is 0 Å². The summed E-state index contributed by atoms with van der Waals surface area (Å²) in [5.41, 5.74) is 1.49. The van der Waals surface area contributed by atoms with Crippen LogP contribution >= 0.6 is 11.6 Å². The minimum absolute atomic E-state index is 0.186. The molecule has 24 heavy (non-hydrogen) atoms. The first-order valence-corrected chi connectivity index (χ1v) is 8.52. The predicted molar refractivity (Wildman–Crippen MR) is 97.5 cm³/mol. The van der Waals surface area contributed by atoms with E-state index >= 15 is 0 Å². The first-order chi connectivity index (χ1) is 11.5. The van der Waals surface area contributed by atoms with Gasteiger partial charge in [-0.25, -0.2) is 0 Å². The van der Waals surface area contributed by atoms with E-state index in [9.17, 15) is 4.79 Å². The number of benzene rings is 1. The fraction of sp³-hybridized carbons (Fsp3) is 0.389. The van der Waals surface area contributed by atoms with E-state index in [2.05, 4.69) is 34.7 Å². The average Bonchev–Trinajstić information content (AvgIpc) is 2.55. The molecule has 2 N–H and O–H groups in total. The Morgan fingerprint density at radius 3 is 2.67 bits per heavy atom. The maximum atomic E-state index is 11.9. The second-order valence-electron chi connectivity index (χ2n) is 6.05. The van der Waals surface area contributed by atoms with Crippen molar-refractivity contribution in [3.05, 3.63) is 52.7 Å². The molecule has 0 saturated carbocycles. The Hall–Kier alpha value is -2.14. The van der Waals surface area contributed by atoms with E-state index in [1.54, 1.807) is 12.1 Å². The summed E-state index contributed by atoms with van der Waals surface area (Å²) < 4.78 is 0. The number of halogens is 1. The predicted octanol–water partition coefficient (Wildman–Crippen LogP) is 3.56. The molecule has 5 nitrogen and oxygen atoms in total. The van der Waals surface area contributed by atoms with Crippen LogP contribution in [0.15, 0.2) is 36.4 Å². The Labute approximate surface area is 147 Å². The van der Waals surface area contributed by atoms with Crippen molar-refractivity contribution in [1.82, 2.24) is 15.5 Å². The molecule has 1 heterocycles. The number of aromatic nitrogens is 2. The third-order valence-electron chi connectivity index (χ3n) is 3.51. The fourth-order valence-corrected chi connectivity index (χ4v) is 2.35. The fourth-order valence-electron chi connectivity index (χ4n) is 2.14. The van der Waals surface area contributed by atoms with Crippen molar-refractivity contribution in [3.8, 4) is 0 Å². The number of carbonyl (C=O) groups excluding carboxylic acids is 1. The highest BCUT2D eigenvalue weighted by Crippen LogP contribution is 2.11. The van der Waals surface area contributed by atoms with Crippen molar-refractivity contribution in [2.24, 2.45) is 5.92 Å². The van der Waals surface area contributed by atoms with Gasteiger partial charge in [0, 0.05) is 18.1 Å². The van der Waals surface area contributed by atoms with Gasteiger partial charge in [0.15, 0.2) is 5.69 Å². The second kappa shape index (κ2) is 9.23. The van der Waals surface area contributed by atoms with Crippen LogP contribution in [0.2, 0.25) is 5.02 Å². The lowest BCUT2D eigenvalue weighted by molar-refractivity contribution is 0.0946. The zero-order chi connectivity index (χ0) is 17.4. The van der Waals surface area contributed by atoms with E-state index in [0.29, 0.717) is 24.0 Å². The molecule has 1 amide bonds. The second-order valence-corrected chi connectivity index (χ2v) is 6.49. The number of carbonyl (C=O) groups is 1. The molecule has 128 valence electrons. The maximum Gasteiger partial charge on any atom is 0.271 e. The highest BCUT2D eigenvalue weighted by atomic mass is 35.5. The molecule has 0 spiro atoms. The number of hydrogen-bond donors (Lipinski definition) is 2. The number of rotatable bonds is 8. The zero-order valence-corrected chi connectivity index (χ0v) is 14.8. The van der Waals surface area contributed by atoms with Crippen LogP contribution in [-0.4, -0.2) is 29.2 Å². The largest absolute Gasteiger partial charge is 0.368 e. The summed E-state index contributed by atoms with van der Waals surface area (Å²) in [5, 5.41) is 14.8. The average molecular weight is 347 g/mol. The third-order valence-corrected chi connectivity index (χ3v) is 3.75. The molecule has 2 rings (SSSR count). The molecule has 6 heteroatoms. The lowest BCUT2D eigenvalue weighted by Crippen LogP contribution is -2.26. The monoisotopic (exact) mass is 346 g/mol. The highest BCUT2D eigenvalue weighted by molar-refractivity contribution is 6.30. The van der Waals surface area contributed by atoms with Crippen molar-refractivity contribution in [3.63, 3.8) is 0 Å². The maximum absolute atomic E-state index is 11.9. The first-order valence-electron chi connectivity index (χ1n) is 8.15. The molecule has 1 aromatic heterocycles. The van der Waals surface area contributed by atoms with Crippen LogP contribution in [0.5, 0.6) is 0 Å². The van der Waals surface area contributed by atoms with E-state index in [-0.39, 0.29) is 5.91 Å². The number of nitrogens with zero attached hydrogens (tertiary/aromatic N) is 2. The molecule has 0 saturated heterocycles. The van der Waals surface area contributed by atoms with Gasteiger partial charge in [0.1, 0.15) is 5.82 Å². The smallest absolute Gasteiger partial charge is 0.271 e. The third kappa shape index (κ3) is 6.16. The van der Waals surface area contributed by atoms with Crippen LogP contribution in [0.25, 0.3) is 0 Å². The van der Waals surface area contributed by atoms with Crippen LogP contribution in [0, 0.1) is 5.92 Å². The molecule has 0 aliphatic heterocycles. The number of anilines is 1. The van der Waals surface area contributed by atoms with Gasteiger partial charge < -0.3 is 10.6 Å². The summed E-state index contributed by atoms with van der Waals surface area (Å²) in [6, 6.07) is 11.2. The summed E-state index contributed by atoms with van der Waals surface area (Å²) in [4.78, 5) is 11.9. The summed E-state index contributed by atoms with van der Waals surface area (Å²) in [5.74, 6) is 1.02. The lowest BCUT2D eigenvalue weighted by atomic mass is 10.1. The molecular weight excluding hydrogens is 324 g/mol. The van der Waals surface area contributed by atoms with Crippen molar-refractivity contribution in [2.75, 3.05) is 18.4 Å². The molecule has 0 aliphatic rings. The van der Waals surface area contributed by atoms with E-state index < -0.39 is 0 Å². The molecule has 1 aromatic carbocycles. The zero-order valence-electron chi connectivity index (χ0n) is 14.1. The normalized spacial score (nSPS) is 10.7. The summed E-state index contributed by atoms with van der Waals surface area (Å²) in [6.07, 6.45) is 1.78. The van der Waals surface area contributed by atoms with Gasteiger partial charge in [0.05, 0.1) is 0 Å². The molecule has 0 atom stereocenters. The van der Waals surface area contributed by atoms with Gasteiger partial charge in [-0.3, -0.25) is 4.79 Å². The highest BCUT2D eigenvalue weighted by Gasteiger charge is 2.07. The van der Waals surface area contributed by atoms with Crippen LogP contribution in [0.4, 0.5) is 5.82 Å². The van der Waals surface area contributed by atoms with Gasteiger partial charge in [-0.2, -0.15) is 0 Å². The number of hydrogen-bond acceptors (Lipinski definition) is 4. The van der Waals surface area contributed by atoms with Crippen LogP contribution in [0.1, 0.15) is 36.3 Å². The Kier molecular flexibility index (Phi) is 7.00. The van der Waals surface area contributed by atoms with Gasteiger partial charge in [0.25, 0.3) is 5.91 Å². The van der Waals surface area contributed by atoms with Gasteiger partial charge in [-0.15, -0.1) is 10.2 Å². The van der Waals surface area contributed by atoms with Gasteiger partial charge in [-0.05, 0) is 48.6 Å². The van der Waals surface area contributed by atoms with Crippen molar-refractivity contribution in [1.29, 1.82) is 0 Å². The summed E-state index contributed by atoms with van der Waals surface area (Å²) in [6.45, 7) is 5.61. The van der Waals surface area contributed by atoms with Gasteiger partial charge in [-0.1, -0.05) is 37.6 Å². The molecule has 0 unspecified atom stereocenters. The van der Waals surface area contributed by atoms with Crippen LogP contribution < -0.4 is 10.6 Å². The summed E-state index contributed by atoms with van der Waals surface area (Å²) in [7, 11) is 0. The molecule has 0 radical (unpaired) electrons. The minimum Gasteiger partial charge on any atom is -0.368 e. The van der Waals surface area contributed by atoms with E-state index in [1.165, 1.54) is 0 Å². The summed E-state index contributed by atoms with van der Waals surface area (Å²) >= 11 is 5.96. The topological polar surface area (TPSA) is 66.9 Å². The SMILES string of the molecule is CC(C)CCNC(=O)c1ccc(NCCc2cccc(Cl)c2)nn1.